The Kier molecular flexibility index (Phi) is 9.57. The average Bonchev–Trinajstić information content (AvgIpc) is 2.86. The summed E-state index contributed by atoms with van der Waals surface area (Å²) < 4.78 is 6.70. The highest BCUT2D eigenvalue weighted by atomic mass is 79.9. The van der Waals surface area contributed by atoms with Crippen LogP contribution >= 0.6 is 27.5 Å². The van der Waals surface area contributed by atoms with Gasteiger partial charge in [0.05, 0.1) is 4.47 Å². The molecule has 0 aliphatic carbocycles. The van der Waals surface area contributed by atoms with Gasteiger partial charge in [-0.3, -0.25) is 9.59 Å². The molecule has 36 heavy (non-hydrogen) atoms. The van der Waals surface area contributed by atoms with Crippen molar-refractivity contribution in [3.05, 3.63) is 99.0 Å². The smallest absolute Gasteiger partial charge is 0.261 e. The van der Waals surface area contributed by atoms with Crippen LogP contribution in [0.25, 0.3) is 0 Å². The minimum Gasteiger partial charge on any atom is -0.483 e. The second kappa shape index (κ2) is 12.4. The van der Waals surface area contributed by atoms with Gasteiger partial charge in [-0.1, -0.05) is 80.9 Å². The van der Waals surface area contributed by atoms with Crippen molar-refractivity contribution in [2.24, 2.45) is 0 Å². The molecule has 190 valence electrons. The number of carbonyl (C=O) groups excluding carboxylic acids is 2. The van der Waals surface area contributed by atoms with E-state index in [-0.39, 0.29) is 30.4 Å². The fourth-order valence-corrected chi connectivity index (χ4v) is 4.43. The molecule has 0 spiro atoms. The predicted molar refractivity (Wildman–Crippen MR) is 148 cm³/mol. The highest BCUT2D eigenvalue weighted by molar-refractivity contribution is 9.10. The number of nitrogens with zero attached hydrogens (tertiary/aromatic N) is 1. The minimum absolute atomic E-state index is 0.00950. The van der Waals surface area contributed by atoms with E-state index in [1.807, 2.05) is 60.7 Å². The Labute approximate surface area is 226 Å². The van der Waals surface area contributed by atoms with Gasteiger partial charge in [0, 0.05) is 25.0 Å². The van der Waals surface area contributed by atoms with E-state index in [0.717, 1.165) is 21.2 Å². The lowest BCUT2D eigenvalue weighted by Gasteiger charge is -2.31. The van der Waals surface area contributed by atoms with Crippen LogP contribution in [0.15, 0.2) is 77.3 Å². The zero-order valence-corrected chi connectivity index (χ0v) is 23.4. The van der Waals surface area contributed by atoms with Crippen LogP contribution in [0.2, 0.25) is 5.02 Å². The fraction of sp³-hybridized carbons (Fsp3) is 0.310. The third-order valence-corrected chi connectivity index (χ3v) is 6.80. The normalized spacial score (nSPS) is 12.1. The predicted octanol–water partition coefficient (Wildman–Crippen LogP) is 6.16. The number of ether oxygens (including phenoxy) is 1. The molecule has 0 aliphatic heterocycles. The van der Waals surface area contributed by atoms with E-state index in [0.29, 0.717) is 17.2 Å². The van der Waals surface area contributed by atoms with Crippen molar-refractivity contribution in [3.8, 4) is 5.75 Å². The van der Waals surface area contributed by atoms with Crippen LogP contribution in [0, 0.1) is 0 Å². The Hall–Kier alpha value is -2.83. The molecule has 0 unspecified atom stereocenters. The molecular formula is C29H32BrClN2O3. The van der Waals surface area contributed by atoms with Gasteiger partial charge in [-0.2, -0.15) is 0 Å². The first-order chi connectivity index (χ1) is 17.1. The van der Waals surface area contributed by atoms with E-state index in [1.54, 1.807) is 24.1 Å². The highest BCUT2D eigenvalue weighted by Gasteiger charge is 2.30. The molecular weight excluding hydrogens is 540 g/mol. The van der Waals surface area contributed by atoms with Crippen LogP contribution in [0.4, 0.5) is 0 Å². The van der Waals surface area contributed by atoms with Crippen LogP contribution in [-0.4, -0.2) is 36.4 Å². The van der Waals surface area contributed by atoms with E-state index in [2.05, 4.69) is 42.0 Å². The first-order valence-corrected chi connectivity index (χ1v) is 13.0. The summed E-state index contributed by atoms with van der Waals surface area (Å²) in [6.45, 7) is 6.45. The summed E-state index contributed by atoms with van der Waals surface area (Å²) in [5.41, 5.74) is 2.97. The van der Waals surface area contributed by atoms with Gasteiger partial charge >= 0.3 is 0 Å². The molecule has 0 bridgehead atoms. The van der Waals surface area contributed by atoms with Gasteiger partial charge in [-0.25, -0.2) is 0 Å². The van der Waals surface area contributed by atoms with Gasteiger partial charge in [0.2, 0.25) is 5.91 Å². The first kappa shape index (κ1) is 27.8. The van der Waals surface area contributed by atoms with Crippen LogP contribution < -0.4 is 10.1 Å². The zero-order valence-electron chi connectivity index (χ0n) is 21.1. The Balaban J connectivity index is 1.86. The third-order valence-electron chi connectivity index (χ3n) is 5.93. The average molecular weight is 572 g/mol. The molecule has 0 saturated heterocycles. The fourth-order valence-electron chi connectivity index (χ4n) is 3.81. The van der Waals surface area contributed by atoms with E-state index in [9.17, 15) is 9.59 Å². The number of halogens is 2. The van der Waals surface area contributed by atoms with Gasteiger partial charge in [0.15, 0.2) is 6.61 Å². The van der Waals surface area contributed by atoms with Gasteiger partial charge in [-0.15, -0.1) is 0 Å². The second-order valence-corrected chi connectivity index (χ2v) is 10.9. The molecule has 7 heteroatoms. The number of likely N-dealkylation sites (N-methyl/N-ethyl adjacent to an activating group) is 1. The lowest BCUT2D eigenvalue weighted by molar-refractivity contribution is -0.142. The van der Waals surface area contributed by atoms with Crippen molar-refractivity contribution in [1.82, 2.24) is 10.2 Å². The molecule has 1 N–H and O–H groups in total. The molecule has 0 aromatic heterocycles. The number of carbonyl (C=O) groups is 2. The maximum atomic E-state index is 13.6. The second-order valence-electron chi connectivity index (χ2n) is 9.65. The molecule has 3 aromatic carbocycles. The van der Waals surface area contributed by atoms with Gasteiger partial charge in [0.1, 0.15) is 11.8 Å². The summed E-state index contributed by atoms with van der Waals surface area (Å²) in [5.74, 6) is 0.0421. The van der Waals surface area contributed by atoms with Crippen molar-refractivity contribution in [2.45, 2.75) is 45.2 Å². The zero-order chi connectivity index (χ0) is 26.3. The summed E-state index contributed by atoms with van der Waals surface area (Å²) in [5, 5.41) is 3.32. The molecule has 1 atom stereocenters. The maximum absolute atomic E-state index is 13.6. The van der Waals surface area contributed by atoms with Gasteiger partial charge in [0.25, 0.3) is 5.91 Å². The van der Waals surface area contributed by atoms with Crippen LogP contribution in [0.5, 0.6) is 5.75 Å². The first-order valence-electron chi connectivity index (χ1n) is 11.8. The number of amides is 2. The van der Waals surface area contributed by atoms with E-state index >= 15 is 0 Å². The topological polar surface area (TPSA) is 58.6 Å². The summed E-state index contributed by atoms with van der Waals surface area (Å²) in [7, 11) is 1.58. The lowest BCUT2D eigenvalue weighted by atomic mass is 9.87. The van der Waals surface area contributed by atoms with E-state index < -0.39 is 6.04 Å². The van der Waals surface area contributed by atoms with Crippen molar-refractivity contribution in [2.75, 3.05) is 13.7 Å². The number of benzene rings is 3. The van der Waals surface area contributed by atoms with Crippen molar-refractivity contribution < 1.29 is 14.3 Å². The quantitative estimate of drug-likeness (QED) is 0.334. The summed E-state index contributed by atoms with van der Waals surface area (Å²) >= 11 is 9.62. The number of nitrogens with one attached hydrogen (secondary N) is 1. The molecule has 2 amide bonds. The Morgan fingerprint density at radius 2 is 1.67 bits per heavy atom. The Bertz CT molecular complexity index is 1180. The summed E-state index contributed by atoms with van der Waals surface area (Å²) in [6.07, 6.45) is 0.379. The molecule has 3 rings (SSSR count). The number of rotatable bonds is 9. The molecule has 0 saturated carbocycles. The highest BCUT2D eigenvalue weighted by Crippen LogP contribution is 2.31. The number of hydrogen-bond donors (Lipinski definition) is 1. The summed E-state index contributed by atoms with van der Waals surface area (Å²) in [4.78, 5) is 28.1. The van der Waals surface area contributed by atoms with E-state index in [1.165, 1.54) is 0 Å². The summed E-state index contributed by atoms with van der Waals surface area (Å²) in [6, 6.07) is 22.1. The largest absolute Gasteiger partial charge is 0.483 e. The van der Waals surface area contributed by atoms with Crippen molar-refractivity contribution >= 4 is 39.3 Å². The minimum atomic E-state index is -0.712. The SMILES string of the molecule is CNC(=O)[C@@H](Cc1ccccc1)N(Cc1ccc(Cl)cc1)C(=O)COc1ccc(C(C)(C)C)cc1Br. The monoisotopic (exact) mass is 570 g/mol. The van der Waals surface area contributed by atoms with Crippen LogP contribution in [-0.2, 0) is 28.0 Å². The van der Waals surface area contributed by atoms with Crippen LogP contribution in [0.1, 0.15) is 37.5 Å². The van der Waals surface area contributed by atoms with Gasteiger partial charge < -0.3 is 15.0 Å². The molecule has 5 nitrogen and oxygen atoms in total. The molecule has 0 aliphatic rings. The third kappa shape index (κ3) is 7.58. The van der Waals surface area contributed by atoms with Crippen LogP contribution in [0.3, 0.4) is 0 Å². The standard InChI is InChI=1S/C29H32BrClN2O3/c1-29(2,3)22-12-15-26(24(30)17-22)36-19-27(34)33(18-21-10-13-23(31)14-11-21)25(28(35)32-4)16-20-8-6-5-7-9-20/h5-15,17,25H,16,18-19H2,1-4H3,(H,32,35)/t25-/m1/s1. The lowest BCUT2D eigenvalue weighted by Crippen LogP contribution is -2.51. The van der Waals surface area contributed by atoms with E-state index in [4.69, 9.17) is 16.3 Å². The van der Waals surface area contributed by atoms with Crippen molar-refractivity contribution in [1.29, 1.82) is 0 Å². The molecule has 0 heterocycles. The van der Waals surface area contributed by atoms with Gasteiger partial charge in [-0.05, 0) is 62.3 Å². The molecule has 0 fully saturated rings. The molecule has 3 aromatic rings. The molecule has 0 radical (unpaired) electrons. The maximum Gasteiger partial charge on any atom is 0.261 e. The number of hydrogen-bond acceptors (Lipinski definition) is 3. The Morgan fingerprint density at radius 3 is 2.25 bits per heavy atom. The Morgan fingerprint density at radius 1 is 1.00 bits per heavy atom. The van der Waals surface area contributed by atoms with Crippen molar-refractivity contribution in [3.63, 3.8) is 0 Å².